The van der Waals surface area contributed by atoms with Crippen molar-refractivity contribution in [3.05, 3.63) is 23.8 Å². The van der Waals surface area contributed by atoms with Crippen molar-refractivity contribution in [3.8, 4) is 0 Å². The van der Waals surface area contributed by atoms with Gasteiger partial charge in [-0.15, -0.1) is 0 Å². The van der Waals surface area contributed by atoms with Crippen molar-refractivity contribution in [2.24, 2.45) is 0 Å². The van der Waals surface area contributed by atoms with Crippen molar-refractivity contribution in [3.63, 3.8) is 0 Å². The van der Waals surface area contributed by atoms with Crippen molar-refractivity contribution in [2.75, 3.05) is 37.4 Å². The molecule has 17 heavy (non-hydrogen) atoms. The van der Waals surface area contributed by atoms with Gasteiger partial charge in [0.05, 0.1) is 0 Å². The minimum atomic E-state index is 0.864. The maximum Gasteiger partial charge on any atom is 0.0462 e. The molecule has 94 valence electrons. The van der Waals surface area contributed by atoms with Crippen LogP contribution in [0.15, 0.2) is 18.2 Å². The van der Waals surface area contributed by atoms with Crippen molar-refractivity contribution in [1.82, 2.24) is 0 Å². The van der Waals surface area contributed by atoms with E-state index >= 15 is 0 Å². The minimum absolute atomic E-state index is 0.864. The summed E-state index contributed by atoms with van der Waals surface area (Å²) in [6, 6.07) is 6.29. The van der Waals surface area contributed by atoms with Gasteiger partial charge >= 0.3 is 0 Å². The molecule has 1 aromatic rings. The Morgan fingerprint density at radius 1 is 1.35 bits per heavy atom. The molecule has 1 aliphatic heterocycles. The van der Waals surface area contributed by atoms with E-state index in [9.17, 15) is 0 Å². The Labute approximate surface area is 104 Å². The number of nitrogens with two attached hydrogens (primary N) is 1. The van der Waals surface area contributed by atoms with E-state index in [0.29, 0.717) is 0 Å². The SMILES string of the molecule is COCCCCN1CCCc2cc(N)ccc21. The lowest BCUT2D eigenvalue weighted by molar-refractivity contribution is 0.193. The zero-order chi connectivity index (χ0) is 12.1. The number of hydrogen-bond donors (Lipinski definition) is 1. The van der Waals surface area contributed by atoms with Crippen molar-refractivity contribution in [1.29, 1.82) is 0 Å². The number of methoxy groups -OCH3 is 1. The molecule has 0 unspecified atom stereocenters. The van der Waals surface area contributed by atoms with E-state index in [2.05, 4.69) is 17.0 Å². The summed E-state index contributed by atoms with van der Waals surface area (Å²) >= 11 is 0. The summed E-state index contributed by atoms with van der Waals surface area (Å²) in [4.78, 5) is 2.48. The quantitative estimate of drug-likeness (QED) is 0.628. The first-order valence-electron chi connectivity index (χ1n) is 6.43. The van der Waals surface area contributed by atoms with E-state index in [4.69, 9.17) is 10.5 Å². The molecule has 3 nitrogen and oxygen atoms in total. The molecule has 0 aliphatic carbocycles. The van der Waals surface area contributed by atoms with E-state index in [1.54, 1.807) is 7.11 Å². The molecule has 1 aromatic carbocycles. The second kappa shape index (κ2) is 5.92. The van der Waals surface area contributed by atoms with Gasteiger partial charge in [0.2, 0.25) is 0 Å². The second-order valence-corrected chi connectivity index (χ2v) is 4.68. The van der Waals surface area contributed by atoms with Gasteiger partial charge in [-0.05, 0) is 49.4 Å². The fourth-order valence-corrected chi connectivity index (χ4v) is 2.48. The Kier molecular flexibility index (Phi) is 4.26. The predicted octanol–water partition coefficient (Wildman–Crippen LogP) is 2.45. The predicted molar refractivity (Wildman–Crippen MR) is 72.5 cm³/mol. The summed E-state index contributed by atoms with van der Waals surface area (Å²) in [5, 5.41) is 0. The maximum atomic E-state index is 5.83. The van der Waals surface area contributed by atoms with Crippen LogP contribution in [0.5, 0.6) is 0 Å². The van der Waals surface area contributed by atoms with E-state index in [1.807, 2.05) is 6.07 Å². The first kappa shape index (κ1) is 12.2. The molecule has 0 aromatic heterocycles. The molecule has 0 bridgehead atoms. The van der Waals surface area contributed by atoms with Gasteiger partial charge in [-0.25, -0.2) is 0 Å². The van der Waals surface area contributed by atoms with Crippen LogP contribution >= 0.6 is 0 Å². The van der Waals surface area contributed by atoms with Crippen LogP contribution in [0.3, 0.4) is 0 Å². The van der Waals surface area contributed by atoms with Gasteiger partial charge in [0, 0.05) is 38.2 Å². The van der Waals surface area contributed by atoms with E-state index in [-0.39, 0.29) is 0 Å². The van der Waals surface area contributed by atoms with E-state index in [1.165, 1.54) is 30.6 Å². The summed E-state index contributed by atoms with van der Waals surface area (Å²) in [5.41, 5.74) is 9.49. The molecule has 1 aliphatic rings. The number of rotatable bonds is 5. The number of nitrogens with zero attached hydrogens (tertiary/aromatic N) is 1. The molecule has 0 atom stereocenters. The number of nitrogen functional groups attached to an aromatic ring is 1. The average Bonchev–Trinajstić information content (AvgIpc) is 2.34. The third kappa shape index (κ3) is 3.13. The molecule has 0 amide bonds. The summed E-state index contributed by atoms with van der Waals surface area (Å²) in [6.45, 7) is 3.16. The number of unbranched alkanes of at least 4 members (excludes halogenated alkanes) is 1. The standard InChI is InChI=1S/C14H22N2O/c1-17-10-3-2-8-16-9-4-5-12-11-13(15)6-7-14(12)16/h6-7,11H,2-5,8-10,15H2,1H3. The van der Waals surface area contributed by atoms with Crippen LogP contribution in [0, 0.1) is 0 Å². The lowest BCUT2D eigenvalue weighted by atomic mass is 10.0. The molecule has 3 heteroatoms. The minimum Gasteiger partial charge on any atom is -0.399 e. The molecule has 0 saturated heterocycles. The van der Waals surface area contributed by atoms with Crippen LogP contribution in [0.1, 0.15) is 24.8 Å². The fraction of sp³-hybridized carbons (Fsp3) is 0.571. The van der Waals surface area contributed by atoms with Crippen LogP contribution in [0.4, 0.5) is 11.4 Å². The summed E-state index contributed by atoms with van der Waals surface area (Å²) in [6.07, 6.45) is 4.73. The Balaban J connectivity index is 1.97. The van der Waals surface area contributed by atoms with Crippen LogP contribution in [0.25, 0.3) is 0 Å². The Morgan fingerprint density at radius 3 is 3.06 bits per heavy atom. The molecule has 0 spiro atoms. The third-order valence-electron chi connectivity index (χ3n) is 3.34. The Bertz CT molecular complexity index is 365. The van der Waals surface area contributed by atoms with Crippen molar-refractivity contribution in [2.45, 2.75) is 25.7 Å². The Hall–Kier alpha value is -1.22. The van der Waals surface area contributed by atoms with Gasteiger partial charge in [0.1, 0.15) is 0 Å². The van der Waals surface area contributed by atoms with E-state index < -0.39 is 0 Å². The van der Waals surface area contributed by atoms with E-state index in [0.717, 1.165) is 31.7 Å². The molecular weight excluding hydrogens is 212 g/mol. The van der Waals surface area contributed by atoms with Gasteiger partial charge in [0.25, 0.3) is 0 Å². The highest BCUT2D eigenvalue weighted by Gasteiger charge is 2.16. The average molecular weight is 234 g/mol. The number of hydrogen-bond acceptors (Lipinski definition) is 3. The normalized spacial score (nSPS) is 14.8. The molecule has 1 heterocycles. The number of ether oxygens (including phenoxy) is 1. The highest BCUT2D eigenvalue weighted by molar-refractivity contribution is 5.61. The summed E-state index contributed by atoms with van der Waals surface area (Å²) in [7, 11) is 1.76. The first-order chi connectivity index (χ1) is 8.31. The van der Waals surface area contributed by atoms with Gasteiger partial charge in [0.15, 0.2) is 0 Å². The van der Waals surface area contributed by atoms with Crippen LogP contribution < -0.4 is 10.6 Å². The molecule has 0 fully saturated rings. The van der Waals surface area contributed by atoms with Gasteiger partial charge < -0.3 is 15.4 Å². The number of benzene rings is 1. The van der Waals surface area contributed by atoms with Crippen molar-refractivity contribution >= 4 is 11.4 Å². The largest absolute Gasteiger partial charge is 0.399 e. The maximum absolute atomic E-state index is 5.83. The van der Waals surface area contributed by atoms with Gasteiger partial charge in [-0.1, -0.05) is 0 Å². The van der Waals surface area contributed by atoms with Crippen LogP contribution in [-0.4, -0.2) is 26.8 Å². The fourth-order valence-electron chi connectivity index (χ4n) is 2.48. The zero-order valence-electron chi connectivity index (χ0n) is 10.6. The molecule has 2 rings (SSSR count). The number of anilines is 2. The first-order valence-corrected chi connectivity index (χ1v) is 6.43. The zero-order valence-corrected chi connectivity index (χ0v) is 10.6. The highest BCUT2D eigenvalue weighted by atomic mass is 16.5. The van der Waals surface area contributed by atoms with Gasteiger partial charge in [-0.2, -0.15) is 0 Å². The number of aryl methyl sites for hydroxylation is 1. The highest BCUT2D eigenvalue weighted by Crippen LogP contribution is 2.28. The molecule has 0 saturated carbocycles. The summed E-state index contributed by atoms with van der Waals surface area (Å²) < 4.78 is 5.08. The summed E-state index contributed by atoms with van der Waals surface area (Å²) in [5.74, 6) is 0. The smallest absolute Gasteiger partial charge is 0.0462 e. The lowest BCUT2D eigenvalue weighted by Crippen LogP contribution is -2.30. The van der Waals surface area contributed by atoms with Crippen LogP contribution in [-0.2, 0) is 11.2 Å². The monoisotopic (exact) mass is 234 g/mol. The Morgan fingerprint density at radius 2 is 2.24 bits per heavy atom. The van der Waals surface area contributed by atoms with Crippen LogP contribution in [0.2, 0.25) is 0 Å². The number of fused-ring (bicyclic) bond motifs is 1. The second-order valence-electron chi connectivity index (χ2n) is 4.68. The molecular formula is C14H22N2O. The van der Waals surface area contributed by atoms with Gasteiger partial charge in [-0.3, -0.25) is 0 Å². The van der Waals surface area contributed by atoms with Crippen molar-refractivity contribution < 1.29 is 4.74 Å². The lowest BCUT2D eigenvalue weighted by Gasteiger charge is -2.31. The topological polar surface area (TPSA) is 38.5 Å². The molecule has 2 N–H and O–H groups in total. The third-order valence-corrected chi connectivity index (χ3v) is 3.34. The molecule has 0 radical (unpaired) electrons.